The lowest BCUT2D eigenvalue weighted by molar-refractivity contribution is 0.276. The number of hydrogen-bond acceptors (Lipinski definition) is 3. The molecule has 6 nitrogen and oxygen atoms in total. The van der Waals surface area contributed by atoms with E-state index in [1.165, 1.54) is 25.5 Å². The van der Waals surface area contributed by atoms with Crippen molar-refractivity contribution in [2.45, 2.75) is 33.1 Å². The normalized spacial score (nSPS) is 19.4. The molecule has 0 aromatic rings. The van der Waals surface area contributed by atoms with Crippen molar-refractivity contribution in [1.82, 2.24) is 14.9 Å². The number of nitrogens with one attached hydrogen (secondary N) is 2. The fourth-order valence-electron chi connectivity index (χ4n) is 2.69. The van der Waals surface area contributed by atoms with Crippen LogP contribution in [-0.2, 0) is 10.0 Å². The van der Waals surface area contributed by atoms with Crippen LogP contribution in [0.5, 0.6) is 0 Å². The Bertz CT molecular complexity index is 430. The van der Waals surface area contributed by atoms with Gasteiger partial charge < -0.3 is 10.2 Å². The van der Waals surface area contributed by atoms with Gasteiger partial charge in [-0.1, -0.05) is 13.8 Å². The third kappa shape index (κ3) is 4.94. The van der Waals surface area contributed by atoms with Gasteiger partial charge in [-0.05, 0) is 24.7 Å². The number of guanidine groups is 1. The van der Waals surface area contributed by atoms with Crippen LogP contribution in [0.4, 0.5) is 0 Å². The summed E-state index contributed by atoms with van der Waals surface area (Å²) in [5, 5.41) is 3.22. The number of sulfonamides is 1. The van der Waals surface area contributed by atoms with Gasteiger partial charge in [0.25, 0.3) is 0 Å². The summed E-state index contributed by atoms with van der Waals surface area (Å²) >= 11 is 0. The van der Waals surface area contributed by atoms with E-state index in [1.807, 2.05) is 0 Å². The van der Waals surface area contributed by atoms with Gasteiger partial charge >= 0.3 is 0 Å². The Morgan fingerprint density at radius 2 is 1.95 bits per heavy atom. The lowest BCUT2D eigenvalue weighted by Crippen LogP contribution is -2.43. The summed E-state index contributed by atoms with van der Waals surface area (Å²) in [5.74, 6) is 0.865. The molecule has 1 fully saturated rings. The molecular formula is C13H28N4O2S. The Kier molecular flexibility index (Phi) is 6.26. The third-order valence-corrected chi connectivity index (χ3v) is 4.95. The van der Waals surface area contributed by atoms with Gasteiger partial charge in [0, 0.05) is 33.2 Å². The third-order valence-electron chi connectivity index (χ3n) is 4.22. The van der Waals surface area contributed by atoms with Crippen LogP contribution in [0.2, 0.25) is 0 Å². The zero-order valence-corrected chi connectivity index (χ0v) is 13.9. The minimum Gasteiger partial charge on any atom is -0.355 e. The fraction of sp³-hybridized carbons (Fsp3) is 0.923. The summed E-state index contributed by atoms with van der Waals surface area (Å²) in [7, 11) is -1.35. The molecule has 0 unspecified atom stereocenters. The Labute approximate surface area is 123 Å². The molecule has 2 N–H and O–H groups in total. The van der Waals surface area contributed by atoms with Gasteiger partial charge in [0.05, 0.1) is 6.26 Å². The Balaban J connectivity index is 2.45. The molecule has 1 heterocycles. The molecule has 20 heavy (non-hydrogen) atoms. The van der Waals surface area contributed by atoms with Gasteiger partial charge in [-0.15, -0.1) is 0 Å². The van der Waals surface area contributed by atoms with Crippen LogP contribution >= 0.6 is 0 Å². The topological polar surface area (TPSA) is 73.8 Å². The minimum absolute atomic E-state index is 0.373. The molecule has 1 rings (SSSR count). The number of hydrogen-bond donors (Lipinski definition) is 2. The van der Waals surface area contributed by atoms with Crippen LogP contribution in [0.15, 0.2) is 4.99 Å². The zero-order chi connectivity index (χ0) is 15.2. The average Bonchev–Trinajstić information content (AvgIpc) is 2.83. The van der Waals surface area contributed by atoms with Crippen LogP contribution in [0.3, 0.4) is 0 Å². The number of nitrogens with zero attached hydrogens (tertiary/aromatic N) is 2. The molecule has 0 aromatic heterocycles. The average molecular weight is 304 g/mol. The first-order valence-electron chi connectivity index (χ1n) is 7.26. The van der Waals surface area contributed by atoms with Crippen molar-refractivity contribution in [3.05, 3.63) is 0 Å². The van der Waals surface area contributed by atoms with Gasteiger partial charge in [0.15, 0.2) is 5.96 Å². The maximum Gasteiger partial charge on any atom is 0.208 e. The van der Waals surface area contributed by atoms with Gasteiger partial charge in [0.1, 0.15) is 0 Å². The van der Waals surface area contributed by atoms with Gasteiger partial charge in [-0.3, -0.25) is 4.99 Å². The molecule has 1 aliphatic heterocycles. The van der Waals surface area contributed by atoms with Crippen LogP contribution in [-0.4, -0.2) is 58.8 Å². The highest BCUT2D eigenvalue weighted by atomic mass is 32.2. The summed E-state index contributed by atoms with van der Waals surface area (Å²) < 4.78 is 24.4. The highest BCUT2D eigenvalue weighted by molar-refractivity contribution is 7.88. The van der Waals surface area contributed by atoms with Gasteiger partial charge in [-0.25, -0.2) is 13.1 Å². The maximum atomic E-state index is 11.0. The van der Waals surface area contributed by atoms with Gasteiger partial charge in [-0.2, -0.15) is 0 Å². The summed E-state index contributed by atoms with van der Waals surface area (Å²) in [6.07, 6.45) is 4.74. The van der Waals surface area contributed by atoms with Crippen molar-refractivity contribution in [1.29, 1.82) is 0 Å². The van der Waals surface area contributed by atoms with Crippen LogP contribution in [0.1, 0.15) is 33.1 Å². The van der Waals surface area contributed by atoms with E-state index in [9.17, 15) is 8.42 Å². The second-order valence-corrected chi connectivity index (χ2v) is 7.35. The molecular weight excluding hydrogens is 276 g/mol. The second-order valence-electron chi connectivity index (χ2n) is 5.52. The lowest BCUT2D eigenvalue weighted by atomic mass is 9.82. The molecule has 0 spiro atoms. The van der Waals surface area contributed by atoms with E-state index in [2.05, 4.69) is 33.8 Å². The summed E-state index contributed by atoms with van der Waals surface area (Å²) in [5.41, 5.74) is 0.405. The Hall–Kier alpha value is -0.820. The van der Waals surface area contributed by atoms with E-state index < -0.39 is 10.0 Å². The highest BCUT2D eigenvalue weighted by Gasteiger charge is 2.36. The van der Waals surface area contributed by atoms with E-state index in [1.54, 1.807) is 7.05 Å². The van der Waals surface area contributed by atoms with Crippen molar-refractivity contribution >= 4 is 16.0 Å². The number of rotatable bonds is 6. The van der Waals surface area contributed by atoms with Crippen LogP contribution in [0, 0.1) is 5.41 Å². The molecule has 0 amide bonds. The first-order chi connectivity index (χ1) is 9.36. The predicted molar refractivity (Wildman–Crippen MR) is 83.4 cm³/mol. The first-order valence-corrected chi connectivity index (χ1v) is 9.15. The smallest absolute Gasteiger partial charge is 0.208 e. The van der Waals surface area contributed by atoms with Crippen LogP contribution in [0.25, 0.3) is 0 Å². The molecule has 0 radical (unpaired) electrons. The Morgan fingerprint density at radius 1 is 1.30 bits per heavy atom. The zero-order valence-electron chi connectivity index (χ0n) is 13.1. The molecule has 0 aromatic carbocycles. The Morgan fingerprint density at radius 3 is 2.40 bits per heavy atom. The van der Waals surface area contributed by atoms with E-state index >= 15 is 0 Å². The molecule has 7 heteroatoms. The SMILES string of the molecule is CCC1(CC)CCN(C(=NC)NCCNS(C)(=O)=O)C1. The molecule has 0 bridgehead atoms. The lowest BCUT2D eigenvalue weighted by Gasteiger charge is -2.28. The molecule has 0 atom stereocenters. The summed E-state index contributed by atoms with van der Waals surface area (Å²) in [4.78, 5) is 6.56. The van der Waals surface area contributed by atoms with Crippen molar-refractivity contribution < 1.29 is 8.42 Å². The summed E-state index contributed by atoms with van der Waals surface area (Å²) in [6, 6.07) is 0. The second kappa shape index (κ2) is 7.26. The minimum atomic E-state index is -3.12. The van der Waals surface area contributed by atoms with Crippen molar-refractivity contribution in [3.8, 4) is 0 Å². The summed E-state index contributed by atoms with van der Waals surface area (Å²) in [6.45, 7) is 7.46. The van der Waals surface area contributed by atoms with Gasteiger partial charge in [0.2, 0.25) is 10.0 Å². The van der Waals surface area contributed by atoms with Crippen molar-refractivity contribution in [2.75, 3.05) is 39.5 Å². The van der Waals surface area contributed by atoms with Crippen molar-refractivity contribution in [2.24, 2.45) is 10.4 Å². The molecule has 0 aliphatic carbocycles. The van der Waals surface area contributed by atoms with E-state index in [0.29, 0.717) is 18.5 Å². The van der Waals surface area contributed by atoms with E-state index in [-0.39, 0.29) is 0 Å². The first kappa shape index (κ1) is 17.2. The number of likely N-dealkylation sites (tertiary alicyclic amines) is 1. The maximum absolute atomic E-state index is 11.0. The largest absolute Gasteiger partial charge is 0.355 e. The highest BCUT2D eigenvalue weighted by Crippen LogP contribution is 2.36. The number of aliphatic imine (C=N–C) groups is 1. The van der Waals surface area contributed by atoms with E-state index in [0.717, 1.165) is 19.0 Å². The fourth-order valence-corrected chi connectivity index (χ4v) is 3.16. The van der Waals surface area contributed by atoms with E-state index in [4.69, 9.17) is 0 Å². The monoisotopic (exact) mass is 304 g/mol. The molecule has 1 aliphatic rings. The standard InChI is InChI=1S/C13H28N4O2S/c1-5-13(6-2)7-10-17(11-13)12(14-3)15-8-9-16-20(4,18)19/h16H,5-11H2,1-4H3,(H,14,15). The van der Waals surface area contributed by atoms with Crippen LogP contribution < -0.4 is 10.0 Å². The quantitative estimate of drug-likeness (QED) is 0.429. The molecule has 1 saturated heterocycles. The molecule has 118 valence electrons. The van der Waals surface area contributed by atoms with Crippen molar-refractivity contribution in [3.63, 3.8) is 0 Å². The molecule has 0 saturated carbocycles. The predicted octanol–water partition coefficient (Wildman–Crippen LogP) is 0.623.